The van der Waals surface area contributed by atoms with Crippen LogP contribution < -0.4 is 5.32 Å². The molecule has 0 aliphatic carbocycles. The van der Waals surface area contributed by atoms with Crippen LogP contribution in [-0.4, -0.2) is 32.5 Å². The lowest BCUT2D eigenvalue weighted by Gasteiger charge is -2.14. The number of hydrogen-bond donors (Lipinski definition) is 2. The van der Waals surface area contributed by atoms with Crippen LogP contribution >= 0.6 is 11.3 Å². The van der Waals surface area contributed by atoms with Gasteiger partial charge in [-0.1, -0.05) is 24.3 Å². The molecule has 8 heteroatoms. The molecule has 2 aromatic heterocycles. The minimum Gasteiger partial charge on any atom is -0.481 e. The van der Waals surface area contributed by atoms with E-state index in [4.69, 9.17) is 5.11 Å². The van der Waals surface area contributed by atoms with Gasteiger partial charge in [-0.15, -0.1) is 11.3 Å². The van der Waals surface area contributed by atoms with E-state index in [0.717, 1.165) is 5.69 Å². The molecule has 132 valence electrons. The molecule has 0 saturated carbocycles. The van der Waals surface area contributed by atoms with Crippen molar-refractivity contribution in [2.75, 3.05) is 0 Å². The van der Waals surface area contributed by atoms with Crippen molar-refractivity contribution in [1.29, 1.82) is 0 Å². The van der Waals surface area contributed by atoms with Crippen LogP contribution in [0.1, 0.15) is 27.7 Å². The number of Topliss-reactive ketones (excluding diaryl/α,β-unsaturated/α-hetero) is 1. The summed E-state index contributed by atoms with van der Waals surface area (Å²) in [6.45, 7) is 0. The van der Waals surface area contributed by atoms with Crippen molar-refractivity contribution in [1.82, 2.24) is 15.1 Å². The average Bonchev–Trinajstić information content (AvgIpc) is 3.32. The first-order valence-corrected chi connectivity index (χ1v) is 8.63. The molecule has 7 nitrogen and oxygen atoms in total. The predicted molar refractivity (Wildman–Crippen MR) is 95.4 cm³/mol. The smallest absolute Gasteiger partial charge is 0.305 e. The van der Waals surface area contributed by atoms with Crippen molar-refractivity contribution in [2.24, 2.45) is 0 Å². The largest absolute Gasteiger partial charge is 0.481 e. The summed E-state index contributed by atoms with van der Waals surface area (Å²) in [6.07, 6.45) is 2.48. The van der Waals surface area contributed by atoms with Gasteiger partial charge in [-0.05, 0) is 23.6 Å². The van der Waals surface area contributed by atoms with Gasteiger partial charge in [0.25, 0.3) is 11.7 Å². The minimum atomic E-state index is -1.06. The Morgan fingerprint density at radius 3 is 2.58 bits per heavy atom. The molecule has 0 spiro atoms. The molecule has 0 radical (unpaired) electrons. The SMILES string of the molecule is O=C(O)C[C@@H](NC(=O)C(=O)c1cnn(-c2ccccc2)c1)c1cccs1. The van der Waals surface area contributed by atoms with E-state index in [0.29, 0.717) is 4.88 Å². The summed E-state index contributed by atoms with van der Waals surface area (Å²) in [4.78, 5) is 36.4. The molecular weight excluding hydrogens is 354 g/mol. The maximum atomic E-state index is 12.4. The van der Waals surface area contributed by atoms with E-state index in [9.17, 15) is 14.4 Å². The van der Waals surface area contributed by atoms with Crippen molar-refractivity contribution < 1.29 is 19.5 Å². The third-order valence-electron chi connectivity index (χ3n) is 3.64. The molecule has 3 aromatic rings. The van der Waals surface area contributed by atoms with Gasteiger partial charge in [-0.25, -0.2) is 4.68 Å². The molecule has 0 unspecified atom stereocenters. The minimum absolute atomic E-state index is 0.131. The number of para-hydroxylation sites is 1. The lowest BCUT2D eigenvalue weighted by molar-refractivity contribution is -0.137. The Morgan fingerprint density at radius 1 is 1.15 bits per heavy atom. The monoisotopic (exact) mass is 369 g/mol. The molecule has 2 heterocycles. The highest BCUT2D eigenvalue weighted by Gasteiger charge is 2.24. The normalized spacial score (nSPS) is 11.7. The van der Waals surface area contributed by atoms with Crippen LogP contribution in [0.3, 0.4) is 0 Å². The second-order valence-corrected chi connectivity index (χ2v) is 6.46. The summed E-state index contributed by atoms with van der Waals surface area (Å²) >= 11 is 1.32. The van der Waals surface area contributed by atoms with E-state index in [1.54, 1.807) is 17.5 Å². The van der Waals surface area contributed by atoms with E-state index in [1.807, 2.05) is 30.3 Å². The highest BCUT2D eigenvalue weighted by Crippen LogP contribution is 2.22. The lowest BCUT2D eigenvalue weighted by atomic mass is 10.1. The first kappa shape index (κ1) is 17.6. The standard InChI is InChI=1S/C18H15N3O4S/c22-16(23)9-14(15-7-4-8-26-15)20-18(25)17(24)12-10-19-21(11-12)13-5-2-1-3-6-13/h1-8,10-11,14H,9H2,(H,20,25)(H,22,23)/t14-/m1/s1. The van der Waals surface area contributed by atoms with Gasteiger partial charge in [-0.3, -0.25) is 14.4 Å². The number of carboxylic acids is 1. The van der Waals surface area contributed by atoms with Gasteiger partial charge in [0.05, 0.1) is 29.9 Å². The summed E-state index contributed by atoms with van der Waals surface area (Å²) in [5.41, 5.74) is 0.890. The first-order valence-electron chi connectivity index (χ1n) is 7.75. The maximum absolute atomic E-state index is 12.4. The topological polar surface area (TPSA) is 101 Å². The van der Waals surface area contributed by atoms with Crippen LogP contribution in [0.2, 0.25) is 0 Å². The van der Waals surface area contributed by atoms with Crippen LogP contribution in [0.4, 0.5) is 0 Å². The van der Waals surface area contributed by atoms with Crippen LogP contribution in [0.25, 0.3) is 5.69 Å². The highest BCUT2D eigenvalue weighted by atomic mass is 32.1. The molecule has 0 bridgehead atoms. The first-order chi connectivity index (χ1) is 12.5. The van der Waals surface area contributed by atoms with E-state index < -0.39 is 23.7 Å². The number of nitrogens with zero attached hydrogens (tertiary/aromatic N) is 2. The molecule has 1 atom stereocenters. The molecule has 0 aliphatic rings. The zero-order chi connectivity index (χ0) is 18.5. The second kappa shape index (κ2) is 7.75. The van der Waals surface area contributed by atoms with Crippen LogP contribution in [0.5, 0.6) is 0 Å². The van der Waals surface area contributed by atoms with Crippen LogP contribution in [0, 0.1) is 0 Å². The van der Waals surface area contributed by atoms with Crippen molar-refractivity contribution in [3.8, 4) is 5.69 Å². The zero-order valence-corrected chi connectivity index (χ0v) is 14.3. The molecule has 0 saturated heterocycles. The molecule has 0 fully saturated rings. The number of aromatic nitrogens is 2. The van der Waals surface area contributed by atoms with Gasteiger partial charge in [0.1, 0.15) is 0 Å². The number of carbonyl (C=O) groups excluding carboxylic acids is 2. The number of carboxylic acid groups (broad SMARTS) is 1. The maximum Gasteiger partial charge on any atom is 0.305 e. The Labute approximate surface area is 152 Å². The molecule has 0 aliphatic heterocycles. The van der Waals surface area contributed by atoms with Crippen LogP contribution in [0.15, 0.2) is 60.2 Å². The Hall–Kier alpha value is -3.26. The van der Waals surface area contributed by atoms with Gasteiger partial charge in [0.15, 0.2) is 0 Å². The van der Waals surface area contributed by atoms with Gasteiger partial charge in [0, 0.05) is 11.1 Å². The fraction of sp³-hybridized carbons (Fsp3) is 0.111. The molecule has 1 aromatic carbocycles. The molecule has 3 rings (SSSR count). The predicted octanol–water partition coefficient (Wildman–Crippen LogP) is 2.45. The lowest BCUT2D eigenvalue weighted by Crippen LogP contribution is -2.35. The fourth-order valence-corrected chi connectivity index (χ4v) is 3.18. The van der Waals surface area contributed by atoms with Gasteiger partial charge in [0.2, 0.25) is 0 Å². The van der Waals surface area contributed by atoms with E-state index in [-0.39, 0.29) is 12.0 Å². The number of nitrogens with one attached hydrogen (secondary N) is 1. The molecular formula is C18H15N3O4S. The average molecular weight is 369 g/mol. The van der Waals surface area contributed by atoms with Gasteiger partial charge < -0.3 is 10.4 Å². The third-order valence-corrected chi connectivity index (χ3v) is 4.63. The van der Waals surface area contributed by atoms with Crippen molar-refractivity contribution in [2.45, 2.75) is 12.5 Å². The second-order valence-electron chi connectivity index (χ2n) is 5.48. The van der Waals surface area contributed by atoms with Crippen LogP contribution in [-0.2, 0) is 9.59 Å². The Morgan fingerprint density at radius 2 is 1.92 bits per heavy atom. The highest BCUT2D eigenvalue weighted by molar-refractivity contribution is 7.10. The quantitative estimate of drug-likeness (QED) is 0.492. The third kappa shape index (κ3) is 4.04. The molecule has 2 N–H and O–H groups in total. The Balaban J connectivity index is 1.74. The van der Waals surface area contributed by atoms with Crippen molar-refractivity contribution in [3.05, 3.63) is 70.7 Å². The fourth-order valence-electron chi connectivity index (χ4n) is 2.40. The van der Waals surface area contributed by atoms with Gasteiger partial charge >= 0.3 is 5.97 Å². The summed E-state index contributed by atoms with van der Waals surface area (Å²) in [5.74, 6) is -2.69. The van der Waals surface area contributed by atoms with Crippen molar-refractivity contribution >= 4 is 29.0 Å². The Kier molecular flexibility index (Phi) is 5.23. The number of benzene rings is 1. The molecule has 1 amide bonds. The number of amides is 1. The summed E-state index contributed by atoms with van der Waals surface area (Å²) < 4.78 is 1.49. The Bertz CT molecular complexity index is 919. The summed E-state index contributed by atoms with van der Waals surface area (Å²) in [6, 6.07) is 11.9. The summed E-state index contributed by atoms with van der Waals surface area (Å²) in [5, 5.41) is 17.4. The van der Waals surface area contributed by atoms with E-state index in [2.05, 4.69) is 10.4 Å². The number of ketones is 1. The van der Waals surface area contributed by atoms with E-state index >= 15 is 0 Å². The number of carbonyl (C=O) groups is 3. The summed E-state index contributed by atoms with van der Waals surface area (Å²) in [7, 11) is 0. The zero-order valence-electron chi connectivity index (χ0n) is 13.5. The number of rotatable bonds is 7. The van der Waals surface area contributed by atoms with Gasteiger partial charge in [-0.2, -0.15) is 5.10 Å². The van der Waals surface area contributed by atoms with E-state index in [1.165, 1.54) is 28.4 Å². The number of aliphatic carboxylic acids is 1. The molecule has 26 heavy (non-hydrogen) atoms. The number of thiophene rings is 1. The number of hydrogen-bond acceptors (Lipinski definition) is 5. The van der Waals surface area contributed by atoms with Crippen molar-refractivity contribution in [3.63, 3.8) is 0 Å².